The highest BCUT2D eigenvalue weighted by molar-refractivity contribution is 5.79. The number of unbranched alkanes of at least 4 members (excludes halogenated alkanes) is 1. The van der Waals surface area contributed by atoms with Crippen LogP contribution in [0.3, 0.4) is 0 Å². The van der Waals surface area contributed by atoms with E-state index < -0.39 is 0 Å². The number of amidine groups is 1. The highest BCUT2D eigenvalue weighted by Crippen LogP contribution is 2.21. The molecule has 0 aromatic carbocycles. The summed E-state index contributed by atoms with van der Waals surface area (Å²) in [5.41, 5.74) is 5.44. The summed E-state index contributed by atoms with van der Waals surface area (Å²) in [7, 11) is 0. The Balaban J connectivity index is 1.60. The maximum Gasteiger partial charge on any atom is 0.139 e. The van der Waals surface area contributed by atoms with Crippen molar-refractivity contribution in [2.24, 2.45) is 10.9 Å². The number of hydrogen-bond acceptors (Lipinski definition) is 4. The predicted octanol–water partition coefficient (Wildman–Crippen LogP) is 0.683. The summed E-state index contributed by atoms with van der Waals surface area (Å²) in [6.45, 7) is 6.15. The van der Waals surface area contributed by atoms with Gasteiger partial charge in [-0.15, -0.1) is 0 Å². The van der Waals surface area contributed by atoms with Gasteiger partial charge in [-0.1, -0.05) is 5.16 Å². The largest absolute Gasteiger partial charge is 0.409 e. The standard InChI is InChI=1S/C12H24N4O/c13-12(14-17)5-1-2-6-15-8-9-16-7-3-4-11(16)10-15/h11,17H,1-10H2,(H2,13,14). The second-order valence-electron chi connectivity index (χ2n) is 5.18. The molecule has 1 atom stereocenters. The third kappa shape index (κ3) is 3.57. The van der Waals surface area contributed by atoms with Crippen molar-refractivity contribution < 1.29 is 5.21 Å². The zero-order chi connectivity index (χ0) is 12.1. The van der Waals surface area contributed by atoms with E-state index in [2.05, 4.69) is 15.0 Å². The van der Waals surface area contributed by atoms with Crippen molar-refractivity contribution in [2.45, 2.75) is 38.1 Å². The summed E-state index contributed by atoms with van der Waals surface area (Å²) in [6, 6.07) is 0.813. The third-order valence-corrected chi connectivity index (χ3v) is 3.96. The van der Waals surface area contributed by atoms with Crippen LogP contribution in [0.25, 0.3) is 0 Å². The molecule has 0 aromatic heterocycles. The fourth-order valence-corrected chi connectivity index (χ4v) is 2.95. The molecule has 0 aliphatic carbocycles. The molecule has 2 aliphatic heterocycles. The quantitative estimate of drug-likeness (QED) is 0.244. The van der Waals surface area contributed by atoms with Crippen LogP contribution in [0.15, 0.2) is 5.16 Å². The van der Waals surface area contributed by atoms with Crippen LogP contribution >= 0.6 is 0 Å². The second-order valence-corrected chi connectivity index (χ2v) is 5.18. The van der Waals surface area contributed by atoms with E-state index in [-0.39, 0.29) is 0 Å². The van der Waals surface area contributed by atoms with Gasteiger partial charge in [0, 0.05) is 32.1 Å². The molecule has 5 heteroatoms. The Morgan fingerprint density at radius 1 is 1.29 bits per heavy atom. The van der Waals surface area contributed by atoms with Gasteiger partial charge in [-0.3, -0.25) is 4.90 Å². The molecule has 2 rings (SSSR count). The molecule has 98 valence electrons. The first-order chi connectivity index (χ1) is 8.29. The number of nitrogens with zero attached hydrogens (tertiary/aromatic N) is 3. The van der Waals surface area contributed by atoms with Crippen molar-refractivity contribution in [3.8, 4) is 0 Å². The van der Waals surface area contributed by atoms with Crippen LogP contribution in [0, 0.1) is 0 Å². The SMILES string of the molecule is NC(CCCCN1CCN2CCCC2C1)=NO. The molecule has 2 heterocycles. The van der Waals surface area contributed by atoms with Gasteiger partial charge in [0.15, 0.2) is 0 Å². The van der Waals surface area contributed by atoms with Crippen LogP contribution in [-0.2, 0) is 0 Å². The molecule has 1 unspecified atom stereocenters. The summed E-state index contributed by atoms with van der Waals surface area (Å²) in [5, 5.41) is 11.4. The zero-order valence-corrected chi connectivity index (χ0v) is 10.5. The average Bonchev–Trinajstić information content (AvgIpc) is 2.81. The lowest BCUT2D eigenvalue weighted by Gasteiger charge is -2.37. The van der Waals surface area contributed by atoms with Crippen molar-refractivity contribution in [2.75, 3.05) is 32.7 Å². The van der Waals surface area contributed by atoms with Gasteiger partial charge in [0.25, 0.3) is 0 Å². The number of oxime groups is 1. The Labute approximate surface area is 103 Å². The molecule has 2 aliphatic rings. The van der Waals surface area contributed by atoms with Gasteiger partial charge in [-0.2, -0.15) is 0 Å². The summed E-state index contributed by atoms with van der Waals surface area (Å²) in [6.07, 6.45) is 5.62. The Bertz CT molecular complexity index is 269. The monoisotopic (exact) mass is 240 g/mol. The van der Waals surface area contributed by atoms with Crippen molar-refractivity contribution in [3.63, 3.8) is 0 Å². The first kappa shape index (κ1) is 12.6. The van der Waals surface area contributed by atoms with E-state index in [1.807, 2.05) is 0 Å². The highest BCUT2D eigenvalue weighted by Gasteiger charge is 2.29. The summed E-state index contributed by atoms with van der Waals surface area (Å²) < 4.78 is 0. The van der Waals surface area contributed by atoms with Gasteiger partial charge < -0.3 is 15.8 Å². The Morgan fingerprint density at radius 2 is 2.18 bits per heavy atom. The molecular weight excluding hydrogens is 216 g/mol. The van der Waals surface area contributed by atoms with Crippen molar-refractivity contribution in [1.29, 1.82) is 0 Å². The van der Waals surface area contributed by atoms with Crippen molar-refractivity contribution >= 4 is 5.84 Å². The van der Waals surface area contributed by atoms with Gasteiger partial charge in [-0.25, -0.2) is 0 Å². The molecule has 0 bridgehead atoms. The second kappa shape index (κ2) is 6.21. The Hall–Kier alpha value is -0.810. The molecule has 2 fully saturated rings. The zero-order valence-electron chi connectivity index (χ0n) is 10.5. The van der Waals surface area contributed by atoms with Gasteiger partial charge >= 0.3 is 0 Å². The van der Waals surface area contributed by atoms with Crippen LogP contribution < -0.4 is 5.73 Å². The number of rotatable bonds is 5. The molecule has 2 saturated heterocycles. The number of hydrogen-bond donors (Lipinski definition) is 2. The number of fused-ring (bicyclic) bond motifs is 1. The van der Waals surface area contributed by atoms with Crippen molar-refractivity contribution in [3.05, 3.63) is 0 Å². The van der Waals surface area contributed by atoms with Crippen LogP contribution in [0.4, 0.5) is 0 Å². The maximum absolute atomic E-state index is 8.43. The van der Waals surface area contributed by atoms with E-state index in [0.29, 0.717) is 12.3 Å². The minimum absolute atomic E-state index is 0.352. The number of piperazine rings is 1. The molecule has 5 nitrogen and oxygen atoms in total. The molecule has 0 aromatic rings. The van der Waals surface area contributed by atoms with Gasteiger partial charge in [-0.05, 0) is 38.8 Å². The van der Waals surface area contributed by atoms with Crippen LogP contribution in [-0.4, -0.2) is 59.6 Å². The molecule has 0 saturated carbocycles. The van der Waals surface area contributed by atoms with Crippen LogP contribution in [0.1, 0.15) is 32.1 Å². The predicted molar refractivity (Wildman–Crippen MR) is 68.3 cm³/mol. The highest BCUT2D eigenvalue weighted by atomic mass is 16.4. The normalized spacial score (nSPS) is 27.3. The first-order valence-corrected chi connectivity index (χ1v) is 6.72. The maximum atomic E-state index is 8.43. The van der Waals surface area contributed by atoms with E-state index >= 15 is 0 Å². The van der Waals surface area contributed by atoms with Gasteiger partial charge in [0.1, 0.15) is 5.84 Å². The molecule has 17 heavy (non-hydrogen) atoms. The van der Waals surface area contributed by atoms with Crippen LogP contribution in [0.5, 0.6) is 0 Å². The fraction of sp³-hybridized carbons (Fsp3) is 0.917. The van der Waals surface area contributed by atoms with Crippen molar-refractivity contribution in [1.82, 2.24) is 9.80 Å². The average molecular weight is 240 g/mol. The Morgan fingerprint density at radius 3 is 3.00 bits per heavy atom. The summed E-state index contributed by atoms with van der Waals surface area (Å²) >= 11 is 0. The number of nitrogens with two attached hydrogens (primary N) is 1. The first-order valence-electron chi connectivity index (χ1n) is 6.72. The van der Waals surface area contributed by atoms with Crippen LogP contribution in [0.2, 0.25) is 0 Å². The molecule has 0 radical (unpaired) electrons. The lowest BCUT2D eigenvalue weighted by molar-refractivity contribution is 0.103. The van der Waals surface area contributed by atoms with E-state index in [1.165, 1.54) is 39.0 Å². The van der Waals surface area contributed by atoms with E-state index in [1.54, 1.807) is 0 Å². The van der Waals surface area contributed by atoms with E-state index in [0.717, 1.165) is 25.4 Å². The minimum atomic E-state index is 0.352. The van der Waals surface area contributed by atoms with Gasteiger partial charge in [0.05, 0.1) is 0 Å². The lowest BCUT2D eigenvalue weighted by Crippen LogP contribution is -2.50. The summed E-state index contributed by atoms with van der Waals surface area (Å²) in [4.78, 5) is 5.20. The van der Waals surface area contributed by atoms with Gasteiger partial charge in [0.2, 0.25) is 0 Å². The van der Waals surface area contributed by atoms with E-state index in [4.69, 9.17) is 10.9 Å². The molecule has 3 N–H and O–H groups in total. The Kier molecular flexibility index (Phi) is 4.62. The topological polar surface area (TPSA) is 65.1 Å². The minimum Gasteiger partial charge on any atom is -0.409 e. The lowest BCUT2D eigenvalue weighted by atomic mass is 10.1. The van der Waals surface area contributed by atoms with E-state index in [9.17, 15) is 0 Å². The molecule has 0 amide bonds. The smallest absolute Gasteiger partial charge is 0.139 e. The molecule has 0 spiro atoms. The third-order valence-electron chi connectivity index (χ3n) is 3.96. The fourth-order valence-electron chi connectivity index (χ4n) is 2.95. The molecular formula is C12H24N4O. The summed E-state index contributed by atoms with van der Waals surface area (Å²) in [5.74, 6) is 0.352.